The van der Waals surface area contributed by atoms with Crippen molar-refractivity contribution in [1.82, 2.24) is 20.1 Å². The molecule has 0 aliphatic heterocycles. The molecule has 1 atom stereocenters. The third-order valence-electron chi connectivity index (χ3n) is 5.20. The highest BCUT2D eigenvalue weighted by atomic mass is 19.4. The molecule has 0 unspecified atom stereocenters. The van der Waals surface area contributed by atoms with E-state index in [9.17, 15) is 23.1 Å². The molecular weight excluding hydrogens is 425 g/mol. The fraction of sp³-hybridized carbons (Fsp3) is 0.318. The molecule has 10 heteroatoms. The smallest absolute Gasteiger partial charge is 0.416 e. The number of benzene rings is 1. The summed E-state index contributed by atoms with van der Waals surface area (Å²) in [5, 5.41) is 16.7. The molecule has 0 spiro atoms. The van der Waals surface area contributed by atoms with Gasteiger partial charge in [0.2, 0.25) is 5.88 Å². The number of halogens is 3. The van der Waals surface area contributed by atoms with E-state index in [1.165, 1.54) is 18.3 Å². The first-order valence-corrected chi connectivity index (χ1v) is 10.0. The summed E-state index contributed by atoms with van der Waals surface area (Å²) < 4.78 is 45.7. The second kappa shape index (κ2) is 8.62. The summed E-state index contributed by atoms with van der Waals surface area (Å²) >= 11 is 0. The number of hydrogen-bond acceptors (Lipinski definition) is 5. The van der Waals surface area contributed by atoms with Crippen molar-refractivity contribution in [3.05, 3.63) is 59.9 Å². The summed E-state index contributed by atoms with van der Waals surface area (Å²) in [6.45, 7) is -0.147. The highest BCUT2D eigenvalue weighted by molar-refractivity contribution is 5.95. The fourth-order valence-corrected chi connectivity index (χ4v) is 3.29. The molecule has 2 aromatic heterocycles. The fourth-order valence-electron chi connectivity index (χ4n) is 3.29. The number of hydrogen-bond donors (Lipinski definition) is 2. The Balaban J connectivity index is 1.62. The molecule has 1 aliphatic rings. The molecular formula is C22H21F3N4O3. The summed E-state index contributed by atoms with van der Waals surface area (Å²) in [6.07, 6.45) is 0.505. The number of ether oxygens (including phenoxy) is 1. The molecule has 1 saturated carbocycles. The molecule has 1 aromatic carbocycles. The quantitative estimate of drug-likeness (QED) is 0.577. The summed E-state index contributed by atoms with van der Waals surface area (Å²) in [4.78, 5) is 16.9. The standard InChI is InChI=1S/C22H21F3N4O3/c1-29-9-8-18(28-29)17-10-14(20(31)27-19(12-30)13-2-3-13)11-26-21(17)32-16-6-4-15(5-7-16)22(23,24)25/h4-11,13,19,30H,2-3,12H2,1H3,(H,27,31)/t19-/m0/s1. The lowest BCUT2D eigenvalue weighted by molar-refractivity contribution is -0.137. The Morgan fingerprint density at radius 2 is 2.00 bits per heavy atom. The van der Waals surface area contributed by atoms with Crippen molar-refractivity contribution in [2.75, 3.05) is 6.61 Å². The van der Waals surface area contributed by atoms with Gasteiger partial charge in [0.05, 0.1) is 35.0 Å². The third-order valence-corrected chi connectivity index (χ3v) is 5.20. The van der Waals surface area contributed by atoms with Gasteiger partial charge >= 0.3 is 6.18 Å². The Morgan fingerprint density at radius 1 is 1.28 bits per heavy atom. The van der Waals surface area contributed by atoms with Crippen molar-refractivity contribution in [2.24, 2.45) is 13.0 Å². The van der Waals surface area contributed by atoms with Crippen LogP contribution in [0.4, 0.5) is 13.2 Å². The Bertz CT molecular complexity index is 1110. The van der Waals surface area contributed by atoms with E-state index in [0.29, 0.717) is 11.3 Å². The van der Waals surface area contributed by atoms with Crippen LogP contribution in [0, 0.1) is 5.92 Å². The number of nitrogens with zero attached hydrogens (tertiary/aromatic N) is 3. The maximum atomic E-state index is 12.8. The molecule has 168 valence electrons. The van der Waals surface area contributed by atoms with E-state index in [4.69, 9.17) is 4.74 Å². The minimum absolute atomic E-state index is 0.0981. The summed E-state index contributed by atoms with van der Waals surface area (Å²) in [7, 11) is 1.73. The minimum atomic E-state index is -4.45. The number of nitrogens with one attached hydrogen (secondary N) is 1. The van der Waals surface area contributed by atoms with Crippen LogP contribution in [0.1, 0.15) is 28.8 Å². The molecule has 2 N–H and O–H groups in total. The number of aryl methyl sites for hydroxylation is 1. The van der Waals surface area contributed by atoms with Gasteiger partial charge in [-0.1, -0.05) is 0 Å². The molecule has 0 radical (unpaired) electrons. The van der Waals surface area contributed by atoms with Gasteiger partial charge in [-0.2, -0.15) is 18.3 Å². The number of alkyl halides is 3. The minimum Gasteiger partial charge on any atom is -0.438 e. The summed E-state index contributed by atoms with van der Waals surface area (Å²) in [5.74, 6) is 0.144. The molecule has 32 heavy (non-hydrogen) atoms. The number of carbonyl (C=O) groups is 1. The zero-order valence-electron chi connectivity index (χ0n) is 17.1. The lowest BCUT2D eigenvalue weighted by Crippen LogP contribution is -2.39. The number of pyridine rings is 1. The first-order valence-electron chi connectivity index (χ1n) is 10.0. The van der Waals surface area contributed by atoms with Gasteiger partial charge < -0.3 is 15.2 Å². The van der Waals surface area contributed by atoms with Crippen LogP contribution < -0.4 is 10.1 Å². The Hall–Kier alpha value is -3.40. The van der Waals surface area contributed by atoms with Gasteiger partial charge in [-0.05, 0) is 55.2 Å². The van der Waals surface area contributed by atoms with E-state index in [0.717, 1.165) is 25.0 Å². The second-order valence-electron chi connectivity index (χ2n) is 7.68. The van der Waals surface area contributed by atoms with Crippen molar-refractivity contribution < 1.29 is 27.8 Å². The zero-order valence-corrected chi connectivity index (χ0v) is 17.1. The number of aliphatic hydroxyl groups excluding tert-OH is 1. The van der Waals surface area contributed by atoms with Gasteiger partial charge in [-0.15, -0.1) is 0 Å². The normalized spacial score (nSPS) is 14.8. The van der Waals surface area contributed by atoms with Gasteiger partial charge in [0.25, 0.3) is 5.91 Å². The molecule has 1 fully saturated rings. The number of carbonyl (C=O) groups excluding carboxylic acids is 1. The Kier molecular flexibility index (Phi) is 5.88. The van der Waals surface area contributed by atoms with Crippen molar-refractivity contribution in [1.29, 1.82) is 0 Å². The lowest BCUT2D eigenvalue weighted by Gasteiger charge is -2.16. The average molecular weight is 446 g/mol. The Labute approximate surface area is 181 Å². The van der Waals surface area contributed by atoms with Crippen molar-refractivity contribution in [3.63, 3.8) is 0 Å². The zero-order chi connectivity index (χ0) is 22.9. The van der Waals surface area contributed by atoms with Crippen LogP contribution in [0.15, 0.2) is 48.8 Å². The van der Waals surface area contributed by atoms with E-state index in [-0.39, 0.29) is 41.7 Å². The maximum absolute atomic E-state index is 12.8. The summed E-state index contributed by atoms with van der Waals surface area (Å²) in [6, 6.07) is 7.20. The van der Waals surface area contributed by atoms with Crippen LogP contribution in [0.5, 0.6) is 11.6 Å². The first-order chi connectivity index (χ1) is 15.2. The van der Waals surface area contributed by atoms with Crippen LogP contribution in [0.3, 0.4) is 0 Å². The van der Waals surface area contributed by atoms with Crippen LogP contribution in [0.25, 0.3) is 11.3 Å². The number of rotatable bonds is 7. The molecule has 1 amide bonds. The van der Waals surface area contributed by atoms with Gasteiger partial charge in [0.1, 0.15) is 5.75 Å². The van der Waals surface area contributed by atoms with E-state index in [1.807, 2.05) is 0 Å². The van der Waals surface area contributed by atoms with Gasteiger partial charge in [0.15, 0.2) is 0 Å². The topological polar surface area (TPSA) is 89.3 Å². The molecule has 0 saturated heterocycles. The molecule has 4 rings (SSSR count). The van der Waals surface area contributed by atoms with Crippen LogP contribution in [-0.2, 0) is 13.2 Å². The highest BCUT2D eigenvalue weighted by Gasteiger charge is 2.32. The van der Waals surface area contributed by atoms with Crippen molar-refractivity contribution in [2.45, 2.75) is 25.1 Å². The van der Waals surface area contributed by atoms with Gasteiger partial charge in [-0.25, -0.2) is 4.98 Å². The Morgan fingerprint density at radius 3 is 2.56 bits per heavy atom. The van der Waals surface area contributed by atoms with Crippen LogP contribution in [0.2, 0.25) is 0 Å². The third kappa shape index (κ3) is 4.91. The van der Waals surface area contributed by atoms with Crippen molar-refractivity contribution in [3.8, 4) is 22.9 Å². The lowest BCUT2D eigenvalue weighted by atomic mass is 10.1. The van der Waals surface area contributed by atoms with E-state index < -0.39 is 11.7 Å². The van der Waals surface area contributed by atoms with Gasteiger partial charge in [0, 0.05) is 19.4 Å². The summed E-state index contributed by atoms with van der Waals surface area (Å²) in [5.41, 5.74) is 0.357. The molecule has 3 aromatic rings. The number of aromatic nitrogens is 3. The van der Waals surface area contributed by atoms with E-state index in [1.54, 1.807) is 30.1 Å². The highest BCUT2D eigenvalue weighted by Crippen LogP contribution is 2.35. The first kappa shape index (κ1) is 21.8. The van der Waals surface area contributed by atoms with E-state index >= 15 is 0 Å². The molecule has 0 bridgehead atoms. The second-order valence-corrected chi connectivity index (χ2v) is 7.68. The van der Waals surface area contributed by atoms with Crippen LogP contribution in [-0.4, -0.2) is 38.4 Å². The predicted octanol–water partition coefficient (Wildman–Crippen LogP) is 3.79. The monoisotopic (exact) mass is 446 g/mol. The molecule has 2 heterocycles. The SMILES string of the molecule is Cn1ccc(-c2cc(C(=O)N[C@@H](CO)C3CC3)cnc2Oc2ccc(C(F)(F)F)cc2)n1. The molecule has 7 nitrogen and oxygen atoms in total. The van der Waals surface area contributed by atoms with Crippen molar-refractivity contribution >= 4 is 5.91 Å². The van der Waals surface area contributed by atoms with Gasteiger partial charge in [-0.3, -0.25) is 9.48 Å². The van der Waals surface area contributed by atoms with E-state index in [2.05, 4.69) is 15.4 Å². The largest absolute Gasteiger partial charge is 0.438 e. The molecule has 1 aliphatic carbocycles. The van der Waals surface area contributed by atoms with Crippen LogP contribution >= 0.6 is 0 Å². The average Bonchev–Trinajstić information content (AvgIpc) is 3.52. The number of amides is 1. The maximum Gasteiger partial charge on any atom is 0.416 e. The predicted molar refractivity (Wildman–Crippen MR) is 109 cm³/mol. The number of aliphatic hydroxyl groups is 1.